The minimum atomic E-state index is -0.484. The fourth-order valence-corrected chi connectivity index (χ4v) is 3.21. The molecule has 1 aromatic heterocycles. The number of benzene rings is 1. The molecule has 0 unspecified atom stereocenters. The van der Waals surface area contributed by atoms with E-state index in [2.05, 4.69) is 15.3 Å². The highest BCUT2D eigenvalue weighted by Gasteiger charge is 2.41. The van der Waals surface area contributed by atoms with Crippen molar-refractivity contribution in [2.75, 3.05) is 31.6 Å². The largest absolute Gasteiger partial charge is 0.347 e. The molecule has 0 atom stereocenters. The lowest BCUT2D eigenvalue weighted by molar-refractivity contribution is -0.181. The number of ether oxygens (including phenoxy) is 2. The van der Waals surface area contributed by atoms with E-state index >= 15 is 0 Å². The van der Waals surface area contributed by atoms with Crippen LogP contribution in [-0.4, -0.2) is 52.9 Å². The summed E-state index contributed by atoms with van der Waals surface area (Å²) in [6.07, 6.45) is 2.80. The van der Waals surface area contributed by atoms with Crippen molar-refractivity contribution in [3.05, 3.63) is 48.4 Å². The molecule has 2 aliphatic heterocycles. The lowest BCUT2D eigenvalue weighted by Crippen LogP contribution is -2.47. The van der Waals surface area contributed by atoms with E-state index in [1.54, 1.807) is 11.0 Å². The van der Waals surface area contributed by atoms with Crippen molar-refractivity contribution in [3.63, 3.8) is 0 Å². The third-order valence-electron chi connectivity index (χ3n) is 4.56. The van der Waals surface area contributed by atoms with E-state index in [4.69, 9.17) is 9.47 Å². The fraction of sp³-hybridized carbons (Fsp3) is 0.389. The highest BCUT2D eigenvalue weighted by atomic mass is 16.7. The van der Waals surface area contributed by atoms with Gasteiger partial charge in [-0.15, -0.1) is 0 Å². The molecule has 1 spiro atoms. The topological polar surface area (TPSA) is 76.6 Å². The zero-order chi connectivity index (χ0) is 17.1. The maximum Gasteiger partial charge on any atom is 0.272 e. The van der Waals surface area contributed by atoms with Gasteiger partial charge in [-0.25, -0.2) is 9.97 Å². The number of rotatable bonds is 3. The molecule has 1 N–H and O–H groups in total. The Morgan fingerprint density at radius 2 is 1.80 bits per heavy atom. The maximum atomic E-state index is 12.7. The molecule has 2 aromatic rings. The van der Waals surface area contributed by atoms with Gasteiger partial charge >= 0.3 is 0 Å². The van der Waals surface area contributed by atoms with Crippen molar-refractivity contribution in [2.24, 2.45) is 0 Å². The first-order valence-electron chi connectivity index (χ1n) is 8.45. The Labute approximate surface area is 146 Å². The Kier molecular flexibility index (Phi) is 4.33. The molecule has 130 valence electrons. The number of carbonyl (C=O) groups excluding carboxylic acids is 1. The van der Waals surface area contributed by atoms with Crippen molar-refractivity contribution in [2.45, 2.75) is 18.6 Å². The van der Waals surface area contributed by atoms with Gasteiger partial charge in [0, 0.05) is 37.7 Å². The third-order valence-corrected chi connectivity index (χ3v) is 4.56. The molecule has 0 radical (unpaired) electrons. The third kappa shape index (κ3) is 3.47. The molecule has 25 heavy (non-hydrogen) atoms. The number of para-hydroxylation sites is 1. The SMILES string of the molecule is O=C(c1cc(Nc2ccccc2)ncn1)N1CCC2(CC1)OCCO2. The molecule has 1 amide bonds. The van der Waals surface area contributed by atoms with Crippen LogP contribution in [0.25, 0.3) is 0 Å². The van der Waals surface area contributed by atoms with Crippen molar-refractivity contribution >= 4 is 17.4 Å². The van der Waals surface area contributed by atoms with Gasteiger partial charge in [0.05, 0.1) is 13.2 Å². The number of anilines is 2. The fourth-order valence-electron chi connectivity index (χ4n) is 3.21. The van der Waals surface area contributed by atoms with Crippen LogP contribution >= 0.6 is 0 Å². The normalized spacial score (nSPS) is 19.1. The summed E-state index contributed by atoms with van der Waals surface area (Å²) in [6, 6.07) is 11.4. The van der Waals surface area contributed by atoms with E-state index in [1.807, 2.05) is 30.3 Å². The summed E-state index contributed by atoms with van der Waals surface area (Å²) in [5.74, 6) is 0.0227. The number of aromatic nitrogens is 2. The Hall–Kier alpha value is -2.51. The average molecular weight is 340 g/mol. The second-order valence-corrected chi connectivity index (χ2v) is 6.18. The van der Waals surface area contributed by atoms with Crippen LogP contribution in [0.15, 0.2) is 42.7 Å². The van der Waals surface area contributed by atoms with Crippen LogP contribution in [0.4, 0.5) is 11.5 Å². The molecule has 1 aromatic carbocycles. The van der Waals surface area contributed by atoms with E-state index in [1.165, 1.54) is 6.33 Å². The van der Waals surface area contributed by atoms with E-state index < -0.39 is 5.79 Å². The first-order chi connectivity index (χ1) is 12.2. The molecule has 3 heterocycles. The number of likely N-dealkylation sites (tertiary alicyclic amines) is 1. The predicted molar refractivity (Wildman–Crippen MR) is 91.5 cm³/mol. The number of carbonyl (C=O) groups is 1. The van der Waals surface area contributed by atoms with Crippen LogP contribution in [0.3, 0.4) is 0 Å². The summed E-state index contributed by atoms with van der Waals surface area (Å²) in [5, 5.41) is 3.18. The van der Waals surface area contributed by atoms with Gasteiger partial charge in [-0.1, -0.05) is 18.2 Å². The minimum Gasteiger partial charge on any atom is -0.347 e. The molecular weight excluding hydrogens is 320 g/mol. The van der Waals surface area contributed by atoms with Crippen LogP contribution in [-0.2, 0) is 9.47 Å². The molecule has 2 saturated heterocycles. The summed E-state index contributed by atoms with van der Waals surface area (Å²) in [5.41, 5.74) is 1.30. The van der Waals surface area contributed by atoms with Gasteiger partial charge in [0.15, 0.2) is 5.79 Å². The average Bonchev–Trinajstić information content (AvgIpc) is 3.11. The monoisotopic (exact) mass is 340 g/mol. The number of hydrogen-bond donors (Lipinski definition) is 1. The van der Waals surface area contributed by atoms with Gasteiger partial charge in [0.1, 0.15) is 17.8 Å². The second-order valence-electron chi connectivity index (χ2n) is 6.18. The summed E-state index contributed by atoms with van der Waals surface area (Å²) in [7, 11) is 0. The number of nitrogens with zero attached hydrogens (tertiary/aromatic N) is 3. The lowest BCUT2D eigenvalue weighted by atomic mass is 10.0. The molecular formula is C18H20N4O3. The Morgan fingerprint density at radius 3 is 2.52 bits per heavy atom. The van der Waals surface area contributed by atoms with E-state index in [0.717, 1.165) is 5.69 Å². The first kappa shape index (κ1) is 16.0. The van der Waals surface area contributed by atoms with Gasteiger partial charge in [0.25, 0.3) is 5.91 Å². The molecule has 0 aliphatic carbocycles. The van der Waals surface area contributed by atoms with Gasteiger partial charge in [-0.05, 0) is 12.1 Å². The van der Waals surface area contributed by atoms with Gasteiger partial charge in [-0.3, -0.25) is 4.79 Å². The van der Waals surface area contributed by atoms with E-state index in [0.29, 0.717) is 50.7 Å². The Bertz CT molecular complexity index is 737. The molecule has 2 aliphatic rings. The summed E-state index contributed by atoms with van der Waals surface area (Å²) < 4.78 is 11.4. The molecule has 7 nitrogen and oxygen atoms in total. The van der Waals surface area contributed by atoms with E-state index in [9.17, 15) is 4.79 Å². The smallest absolute Gasteiger partial charge is 0.272 e. The molecule has 0 bridgehead atoms. The van der Waals surface area contributed by atoms with Crippen LogP contribution < -0.4 is 5.32 Å². The molecule has 4 rings (SSSR count). The maximum absolute atomic E-state index is 12.7. The highest BCUT2D eigenvalue weighted by Crippen LogP contribution is 2.31. The summed E-state index contributed by atoms with van der Waals surface area (Å²) in [6.45, 7) is 2.47. The zero-order valence-electron chi connectivity index (χ0n) is 13.9. The highest BCUT2D eigenvalue weighted by molar-refractivity contribution is 5.93. The van der Waals surface area contributed by atoms with Gasteiger partial charge in [0.2, 0.25) is 0 Å². The van der Waals surface area contributed by atoms with Gasteiger partial charge in [-0.2, -0.15) is 0 Å². The van der Waals surface area contributed by atoms with Crippen molar-refractivity contribution < 1.29 is 14.3 Å². The summed E-state index contributed by atoms with van der Waals surface area (Å²) in [4.78, 5) is 22.9. The second kappa shape index (κ2) is 6.78. The van der Waals surface area contributed by atoms with Crippen molar-refractivity contribution in [1.82, 2.24) is 14.9 Å². The van der Waals surface area contributed by atoms with Crippen molar-refractivity contribution in [1.29, 1.82) is 0 Å². The molecule has 7 heteroatoms. The Balaban J connectivity index is 1.43. The lowest BCUT2D eigenvalue weighted by Gasteiger charge is -2.37. The Morgan fingerprint density at radius 1 is 1.08 bits per heavy atom. The minimum absolute atomic E-state index is 0.0913. The van der Waals surface area contributed by atoms with Crippen LogP contribution in [0, 0.1) is 0 Å². The van der Waals surface area contributed by atoms with E-state index in [-0.39, 0.29) is 5.91 Å². The quantitative estimate of drug-likeness (QED) is 0.923. The molecule has 2 fully saturated rings. The first-order valence-corrected chi connectivity index (χ1v) is 8.45. The number of nitrogens with one attached hydrogen (secondary N) is 1. The summed E-state index contributed by atoms with van der Waals surface area (Å²) >= 11 is 0. The zero-order valence-corrected chi connectivity index (χ0v) is 13.9. The standard InChI is InChI=1S/C18H20N4O3/c23-17(22-8-6-18(7-9-22)24-10-11-25-18)15-12-16(20-13-19-15)21-14-4-2-1-3-5-14/h1-5,12-13H,6-11H2,(H,19,20,21). The van der Waals surface area contributed by atoms with Crippen molar-refractivity contribution in [3.8, 4) is 0 Å². The van der Waals surface area contributed by atoms with Gasteiger partial charge < -0.3 is 19.7 Å². The number of piperidine rings is 1. The van der Waals surface area contributed by atoms with Crippen LogP contribution in [0.1, 0.15) is 23.3 Å². The molecule has 0 saturated carbocycles. The number of hydrogen-bond acceptors (Lipinski definition) is 6. The predicted octanol–water partition coefficient (Wildman–Crippen LogP) is 2.20. The number of amides is 1. The van der Waals surface area contributed by atoms with Crippen LogP contribution in [0.2, 0.25) is 0 Å². The van der Waals surface area contributed by atoms with Crippen LogP contribution in [0.5, 0.6) is 0 Å².